The van der Waals surface area contributed by atoms with Gasteiger partial charge >= 0.3 is 6.09 Å². The summed E-state index contributed by atoms with van der Waals surface area (Å²) >= 11 is 0. The van der Waals surface area contributed by atoms with E-state index < -0.39 is 6.09 Å². The molecule has 0 unspecified atom stereocenters. The van der Waals surface area contributed by atoms with Crippen molar-refractivity contribution >= 4 is 23.4 Å². The number of benzene rings is 1. The van der Waals surface area contributed by atoms with Crippen molar-refractivity contribution in [1.29, 1.82) is 0 Å². The number of hydrogen-bond acceptors (Lipinski definition) is 5. The van der Waals surface area contributed by atoms with Gasteiger partial charge < -0.3 is 19.6 Å². The van der Waals surface area contributed by atoms with Crippen molar-refractivity contribution < 1.29 is 19.4 Å². The second-order valence-electron chi connectivity index (χ2n) is 9.13. The summed E-state index contributed by atoms with van der Waals surface area (Å²) in [5, 5.41) is 12.5. The van der Waals surface area contributed by atoms with E-state index in [1.165, 1.54) is 7.11 Å². The summed E-state index contributed by atoms with van der Waals surface area (Å²) < 4.78 is 4.67. The Hall–Kier alpha value is -2.28. The molecule has 164 valence electrons. The fourth-order valence-corrected chi connectivity index (χ4v) is 5.54. The molecule has 7 nitrogen and oxygen atoms in total. The minimum absolute atomic E-state index is 0.197. The van der Waals surface area contributed by atoms with Crippen molar-refractivity contribution in [3.05, 3.63) is 23.8 Å². The first-order chi connectivity index (χ1) is 14.4. The van der Waals surface area contributed by atoms with E-state index in [0.29, 0.717) is 17.6 Å². The highest BCUT2D eigenvalue weighted by molar-refractivity contribution is 5.87. The average molecular weight is 416 g/mol. The van der Waals surface area contributed by atoms with E-state index in [0.717, 1.165) is 75.8 Å². The lowest BCUT2D eigenvalue weighted by molar-refractivity contribution is -0.139. The number of aliphatic hydroxyl groups is 1. The molecule has 4 rings (SSSR count). The van der Waals surface area contributed by atoms with E-state index in [-0.39, 0.29) is 11.5 Å². The third-order valence-corrected chi connectivity index (χ3v) is 7.20. The number of anilines is 2. The Morgan fingerprint density at radius 2 is 1.97 bits per heavy atom. The van der Waals surface area contributed by atoms with Crippen LogP contribution >= 0.6 is 0 Å². The van der Waals surface area contributed by atoms with Gasteiger partial charge in [-0.25, -0.2) is 4.79 Å². The second-order valence-corrected chi connectivity index (χ2v) is 9.13. The molecular formula is C23H33N3O4. The van der Waals surface area contributed by atoms with Crippen LogP contribution in [0.1, 0.15) is 50.5 Å². The summed E-state index contributed by atoms with van der Waals surface area (Å²) in [6.45, 7) is 4.57. The van der Waals surface area contributed by atoms with E-state index >= 15 is 0 Å². The van der Waals surface area contributed by atoms with Gasteiger partial charge in [0.2, 0.25) is 5.91 Å². The highest BCUT2D eigenvalue weighted by atomic mass is 16.5. The first-order valence-corrected chi connectivity index (χ1v) is 11.1. The van der Waals surface area contributed by atoms with Gasteiger partial charge in [-0.1, -0.05) is 0 Å². The van der Waals surface area contributed by atoms with Crippen molar-refractivity contribution in [3.63, 3.8) is 0 Å². The van der Waals surface area contributed by atoms with E-state index in [1.54, 1.807) is 0 Å². The maximum absolute atomic E-state index is 13.5. The molecule has 2 amide bonds. The fraction of sp³-hybridized carbons (Fsp3) is 0.652. The molecule has 1 atom stereocenters. The van der Waals surface area contributed by atoms with Crippen LogP contribution in [0.15, 0.2) is 18.2 Å². The number of methoxy groups -OCH3 is 1. The number of amides is 2. The Bertz CT molecular complexity index is 806. The zero-order valence-electron chi connectivity index (χ0n) is 18.0. The molecule has 1 aromatic rings. The lowest BCUT2D eigenvalue weighted by Gasteiger charge is -2.42. The maximum atomic E-state index is 13.5. The normalized spacial score (nSPS) is 29.4. The van der Waals surface area contributed by atoms with Gasteiger partial charge in [-0.3, -0.25) is 10.1 Å². The topological polar surface area (TPSA) is 82.1 Å². The number of rotatable bonds is 3. The summed E-state index contributed by atoms with van der Waals surface area (Å²) in [7, 11) is 1.35. The highest BCUT2D eigenvalue weighted by Gasteiger charge is 2.50. The number of ether oxygens (including phenoxy) is 1. The van der Waals surface area contributed by atoms with Crippen LogP contribution < -0.4 is 10.2 Å². The summed E-state index contributed by atoms with van der Waals surface area (Å²) in [6.07, 6.45) is 5.64. The number of carbonyl (C=O) groups excluding carboxylic acids is 2. The molecule has 0 aromatic heterocycles. The molecule has 30 heavy (non-hydrogen) atoms. The van der Waals surface area contributed by atoms with E-state index in [9.17, 15) is 14.7 Å². The Balaban J connectivity index is 1.47. The predicted octanol–water partition coefficient (Wildman–Crippen LogP) is 3.30. The Labute approximate surface area is 178 Å². The van der Waals surface area contributed by atoms with Crippen LogP contribution in [-0.2, 0) is 9.53 Å². The number of nitrogens with zero attached hydrogens (tertiary/aromatic N) is 2. The first kappa shape index (κ1) is 21.0. The number of aliphatic hydroxyl groups excluding tert-OH is 1. The lowest BCUT2D eigenvalue weighted by atomic mass is 9.78. The molecule has 2 saturated heterocycles. The minimum atomic E-state index is -0.481. The van der Waals surface area contributed by atoms with Gasteiger partial charge in [0.25, 0.3) is 0 Å². The number of hydrogen-bond donors (Lipinski definition) is 2. The molecule has 1 saturated carbocycles. The molecule has 1 aromatic carbocycles. The molecule has 0 bridgehead atoms. The van der Waals surface area contributed by atoms with Gasteiger partial charge in [0.05, 0.1) is 18.6 Å². The van der Waals surface area contributed by atoms with Crippen molar-refractivity contribution in [1.82, 2.24) is 4.90 Å². The van der Waals surface area contributed by atoms with Crippen LogP contribution in [-0.4, -0.2) is 60.9 Å². The molecule has 0 radical (unpaired) electrons. The largest absolute Gasteiger partial charge is 0.453 e. The van der Waals surface area contributed by atoms with E-state index in [1.807, 2.05) is 25.1 Å². The molecule has 3 fully saturated rings. The van der Waals surface area contributed by atoms with Crippen LogP contribution in [0.3, 0.4) is 0 Å². The Kier molecular flexibility index (Phi) is 5.91. The van der Waals surface area contributed by atoms with Gasteiger partial charge in [0.1, 0.15) is 0 Å². The Morgan fingerprint density at radius 1 is 1.20 bits per heavy atom. The van der Waals surface area contributed by atoms with Gasteiger partial charge in [-0.2, -0.15) is 0 Å². The molecule has 2 aliphatic heterocycles. The first-order valence-electron chi connectivity index (χ1n) is 11.1. The number of carbonyl (C=O) groups is 2. The van der Waals surface area contributed by atoms with Gasteiger partial charge in [0.15, 0.2) is 0 Å². The third-order valence-electron chi connectivity index (χ3n) is 7.20. The van der Waals surface area contributed by atoms with Crippen LogP contribution in [0.5, 0.6) is 0 Å². The van der Waals surface area contributed by atoms with Crippen LogP contribution in [0.2, 0.25) is 0 Å². The zero-order valence-corrected chi connectivity index (χ0v) is 18.0. The predicted molar refractivity (Wildman–Crippen MR) is 116 cm³/mol. The summed E-state index contributed by atoms with van der Waals surface area (Å²) in [5.74, 6) is 0.315. The average Bonchev–Trinajstić information content (AvgIpc) is 3.04. The molecule has 2 N–H and O–H groups in total. The van der Waals surface area contributed by atoms with Crippen molar-refractivity contribution in [2.24, 2.45) is 5.41 Å². The summed E-state index contributed by atoms with van der Waals surface area (Å²) in [5.41, 5.74) is 2.61. The lowest BCUT2D eigenvalue weighted by Crippen LogP contribution is -2.50. The molecule has 3 aliphatic rings. The van der Waals surface area contributed by atoms with Crippen LogP contribution in [0, 0.1) is 12.3 Å². The third kappa shape index (κ3) is 4.00. The summed E-state index contributed by atoms with van der Waals surface area (Å²) in [6, 6.07) is 6.15. The summed E-state index contributed by atoms with van der Waals surface area (Å²) in [4.78, 5) is 29.4. The van der Waals surface area contributed by atoms with E-state index in [2.05, 4.69) is 19.9 Å². The van der Waals surface area contributed by atoms with E-state index in [4.69, 9.17) is 0 Å². The standard InChI is InChI=1S/C23H33N3O4/c1-16-14-17(24-22(29)30-2)4-9-20(16)25-12-3-10-23(15-25)11-13-26(21(23)28)18-5-7-19(27)8-6-18/h4,9,14,18-19,27H,3,5-8,10-13,15H2,1-2H3,(H,24,29)/t18?,19?,23-/m0/s1. The van der Waals surface area contributed by atoms with Crippen molar-refractivity contribution in [3.8, 4) is 0 Å². The molecule has 7 heteroatoms. The van der Waals surface area contributed by atoms with Gasteiger partial charge in [-0.05, 0) is 75.6 Å². The number of nitrogens with one attached hydrogen (secondary N) is 1. The molecular weight excluding hydrogens is 382 g/mol. The second kappa shape index (κ2) is 8.46. The van der Waals surface area contributed by atoms with Crippen LogP contribution in [0.4, 0.5) is 16.2 Å². The molecule has 1 spiro atoms. The van der Waals surface area contributed by atoms with Crippen LogP contribution in [0.25, 0.3) is 0 Å². The zero-order chi connectivity index (χ0) is 21.3. The quantitative estimate of drug-likeness (QED) is 0.792. The van der Waals surface area contributed by atoms with Crippen molar-refractivity contribution in [2.75, 3.05) is 37.0 Å². The fourth-order valence-electron chi connectivity index (χ4n) is 5.54. The number of likely N-dealkylation sites (tertiary alicyclic amines) is 1. The van der Waals surface area contributed by atoms with Gasteiger partial charge in [0, 0.05) is 37.1 Å². The van der Waals surface area contributed by atoms with Crippen molar-refractivity contribution in [2.45, 2.75) is 64.0 Å². The highest BCUT2D eigenvalue weighted by Crippen LogP contribution is 2.44. The monoisotopic (exact) mass is 415 g/mol. The Morgan fingerprint density at radius 3 is 2.67 bits per heavy atom. The van der Waals surface area contributed by atoms with Gasteiger partial charge in [-0.15, -0.1) is 0 Å². The molecule has 1 aliphatic carbocycles. The smallest absolute Gasteiger partial charge is 0.411 e. The number of piperidine rings is 1. The molecule has 2 heterocycles. The number of aryl methyl sites for hydroxylation is 1. The minimum Gasteiger partial charge on any atom is -0.453 e. The maximum Gasteiger partial charge on any atom is 0.411 e. The SMILES string of the molecule is COC(=O)Nc1ccc(N2CCC[C@]3(CCN(C4CCC(O)CC4)C3=O)C2)c(C)c1.